The Balaban J connectivity index is 2.14. The summed E-state index contributed by atoms with van der Waals surface area (Å²) in [5, 5.41) is 0. The predicted octanol–water partition coefficient (Wildman–Crippen LogP) is 5.07. The van der Waals surface area contributed by atoms with Crippen LogP contribution in [0.3, 0.4) is 0 Å². The van der Waals surface area contributed by atoms with Crippen LogP contribution in [0, 0.1) is 12.8 Å². The summed E-state index contributed by atoms with van der Waals surface area (Å²) in [7, 11) is -1.74. The molecule has 1 aromatic carbocycles. The third kappa shape index (κ3) is 5.43. The summed E-state index contributed by atoms with van der Waals surface area (Å²) in [6.07, 6.45) is 0.579. The van der Waals surface area contributed by atoms with Crippen LogP contribution in [0.1, 0.15) is 44.6 Å². The Morgan fingerprint density at radius 3 is 2.33 bits per heavy atom. The van der Waals surface area contributed by atoms with Gasteiger partial charge in [0.1, 0.15) is 5.71 Å². The standard InChI is InChI=1S/C18H24F3NOS/c1-13-8-10-16(11-9-13)24(23)12-17(18(19,20)21)22-14(2)15-6-4-3-5-7-15/h8-11,14-15H,3-7,12H2,1-2H3/t14-,24?/m0/s1. The van der Waals surface area contributed by atoms with E-state index in [4.69, 9.17) is 0 Å². The molecule has 0 aromatic heterocycles. The Bertz CT molecular complexity index is 589. The Kier molecular flexibility index (Phi) is 6.61. The van der Waals surface area contributed by atoms with Crippen LogP contribution < -0.4 is 0 Å². The van der Waals surface area contributed by atoms with E-state index >= 15 is 0 Å². The smallest absolute Gasteiger partial charge is 0.281 e. The van der Waals surface area contributed by atoms with Gasteiger partial charge < -0.3 is 0 Å². The van der Waals surface area contributed by atoms with Gasteiger partial charge in [-0.1, -0.05) is 37.0 Å². The van der Waals surface area contributed by atoms with E-state index in [-0.39, 0.29) is 12.0 Å². The molecule has 0 saturated heterocycles. The average molecular weight is 359 g/mol. The lowest BCUT2D eigenvalue weighted by molar-refractivity contribution is -0.0594. The van der Waals surface area contributed by atoms with Crippen LogP contribution in [0.2, 0.25) is 0 Å². The molecule has 2 atom stereocenters. The van der Waals surface area contributed by atoms with Crippen molar-refractivity contribution in [3.8, 4) is 0 Å². The molecule has 134 valence electrons. The van der Waals surface area contributed by atoms with E-state index in [0.717, 1.165) is 37.7 Å². The molecule has 6 heteroatoms. The molecule has 1 aromatic rings. The molecular formula is C18H24F3NOS. The van der Waals surface area contributed by atoms with Gasteiger partial charge in [-0.2, -0.15) is 13.2 Å². The first-order valence-corrected chi connectivity index (χ1v) is 9.68. The second-order valence-electron chi connectivity index (χ2n) is 6.52. The number of rotatable bonds is 5. The monoisotopic (exact) mass is 359 g/mol. The van der Waals surface area contributed by atoms with E-state index in [1.54, 1.807) is 31.2 Å². The molecule has 0 heterocycles. The van der Waals surface area contributed by atoms with Crippen molar-refractivity contribution in [3.63, 3.8) is 0 Å². The number of aliphatic imine (C=N–C) groups is 1. The Morgan fingerprint density at radius 2 is 1.79 bits per heavy atom. The van der Waals surface area contributed by atoms with E-state index in [2.05, 4.69) is 4.99 Å². The first kappa shape index (κ1) is 19.2. The van der Waals surface area contributed by atoms with Crippen molar-refractivity contribution >= 4 is 16.5 Å². The van der Waals surface area contributed by atoms with Crippen LogP contribution in [-0.2, 0) is 10.8 Å². The Morgan fingerprint density at radius 1 is 1.21 bits per heavy atom. The van der Waals surface area contributed by atoms with Gasteiger partial charge in [0.05, 0.1) is 22.6 Å². The maximum atomic E-state index is 13.3. The summed E-state index contributed by atoms with van der Waals surface area (Å²) >= 11 is 0. The normalized spacial score (nSPS) is 20.0. The predicted molar refractivity (Wildman–Crippen MR) is 92.0 cm³/mol. The molecule has 0 amide bonds. The number of nitrogens with zero attached hydrogens (tertiary/aromatic N) is 1. The van der Waals surface area contributed by atoms with Crippen LogP contribution in [0.4, 0.5) is 13.2 Å². The van der Waals surface area contributed by atoms with Gasteiger partial charge in [0.25, 0.3) is 0 Å². The highest BCUT2D eigenvalue weighted by molar-refractivity contribution is 7.85. The van der Waals surface area contributed by atoms with E-state index in [1.807, 2.05) is 6.92 Å². The molecule has 0 aliphatic heterocycles. The van der Waals surface area contributed by atoms with Crippen molar-refractivity contribution in [1.29, 1.82) is 0 Å². The summed E-state index contributed by atoms with van der Waals surface area (Å²) in [4.78, 5) is 4.36. The highest BCUT2D eigenvalue weighted by atomic mass is 32.2. The first-order valence-electron chi connectivity index (χ1n) is 8.36. The van der Waals surface area contributed by atoms with E-state index in [9.17, 15) is 17.4 Å². The van der Waals surface area contributed by atoms with Gasteiger partial charge in [0.2, 0.25) is 0 Å². The number of hydrogen-bond acceptors (Lipinski definition) is 2. The molecule has 0 spiro atoms. The fourth-order valence-corrected chi connectivity index (χ4v) is 4.15. The third-order valence-electron chi connectivity index (χ3n) is 4.57. The molecule has 1 fully saturated rings. The summed E-state index contributed by atoms with van der Waals surface area (Å²) < 4.78 is 52.3. The number of halogens is 3. The Hall–Kier alpha value is -1.17. The molecule has 1 saturated carbocycles. The van der Waals surface area contributed by atoms with Gasteiger partial charge >= 0.3 is 6.18 Å². The Labute approximate surface area is 144 Å². The first-order chi connectivity index (χ1) is 11.3. The fourth-order valence-electron chi connectivity index (χ4n) is 3.06. The number of benzene rings is 1. The maximum Gasteiger partial charge on any atom is 0.429 e. The molecule has 0 radical (unpaired) electrons. The zero-order valence-corrected chi connectivity index (χ0v) is 14.9. The van der Waals surface area contributed by atoms with Gasteiger partial charge in [-0.3, -0.25) is 9.20 Å². The largest absolute Gasteiger partial charge is 0.429 e. The van der Waals surface area contributed by atoms with Gasteiger partial charge in [-0.15, -0.1) is 0 Å². The second-order valence-corrected chi connectivity index (χ2v) is 7.97. The van der Waals surface area contributed by atoms with Crippen LogP contribution in [0.5, 0.6) is 0 Å². The highest BCUT2D eigenvalue weighted by Crippen LogP contribution is 2.29. The van der Waals surface area contributed by atoms with Crippen LogP contribution in [0.15, 0.2) is 34.2 Å². The summed E-state index contributed by atoms with van der Waals surface area (Å²) in [6.45, 7) is 3.62. The van der Waals surface area contributed by atoms with Crippen molar-refractivity contribution in [3.05, 3.63) is 29.8 Å². The van der Waals surface area contributed by atoms with Crippen LogP contribution in [0.25, 0.3) is 0 Å². The lowest BCUT2D eigenvalue weighted by atomic mass is 9.85. The highest BCUT2D eigenvalue weighted by Gasteiger charge is 2.37. The molecule has 1 aliphatic rings. The number of aryl methyl sites for hydroxylation is 1. The molecule has 24 heavy (non-hydrogen) atoms. The third-order valence-corrected chi connectivity index (χ3v) is 5.90. The van der Waals surface area contributed by atoms with Crippen LogP contribution in [-0.4, -0.2) is 27.9 Å². The van der Waals surface area contributed by atoms with E-state index in [1.165, 1.54) is 0 Å². The summed E-state index contributed by atoms with van der Waals surface area (Å²) in [5.74, 6) is -0.382. The topological polar surface area (TPSA) is 29.4 Å². The minimum Gasteiger partial charge on any atom is -0.281 e. The quantitative estimate of drug-likeness (QED) is 0.675. The van der Waals surface area contributed by atoms with Crippen LogP contribution >= 0.6 is 0 Å². The van der Waals surface area contributed by atoms with Gasteiger partial charge in [-0.25, -0.2) is 0 Å². The molecule has 0 N–H and O–H groups in total. The van der Waals surface area contributed by atoms with Gasteiger partial charge in [0.15, 0.2) is 0 Å². The molecule has 0 bridgehead atoms. The fraction of sp³-hybridized carbons (Fsp3) is 0.611. The maximum absolute atomic E-state index is 13.3. The zero-order chi connectivity index (χ0) is 17.7. The van der Waals surface area contributed by atoms with E-state index in [0.29, 0.717) is 4.90 Å². The zero-order valence-electron chi connectivity index (χ0n) is 14.1. The molecule has 1 aliphatic carbocycles. The lowest BCUT2D eigenvalue weighted by Gasteiger charge is -2.26. The number of alkyl halides is 3. The molecular weight excluding hydrogens is 335 g/mol. The summed E-state index contributed by atoms with van der Waals surface area (Å²) in [5.41, 5.74) is 0.0749. The molecule has 2 nitrogen and oxygen atoms in total. The average Bonchev–Trinajstić information content (AvgIpc) is 2.54. The number of hydrogen-bond donors (Lipinski definition) is 0. The SMILES string of the molecule is Cc1ccc(S(=O)CC(=N[C@@H](C)C2CCCCC2)C(F)(F)F)cc1. The van der Waals surface area contributed by atoms with Crippen molar-refractivity contribution < 1.29 is 17.4 Å². The molecule has 1 unspecified atom stereocenters. The van der Waals surface area contributed by atoms with Crippen molar-refractivity contribution in [2.75, 3.05) is 5.75 Å². The molecule has 2 rings (SSSR count). The van der Waals surface area contributed by atoms with E-state index < -0.39 is 28.4 Å². The second kappa shape index (κ2) is 8.28. The van der Waals surface area contributed by atoms with Gasteiger partial charge in [-0.05, 0) is 44.7 Å². The van der Waals surface area contributed by atoms with Crippen molar-refractivity contribution in [2.45, 2.75) is 63.1 Å². The minimum atomic E-state index is -4.54. The van der Waals surface area contributed by atoms with Crippen molar-refractivity contribution in [2.24, 2.45) is 10.9 Å². The summed E-state index contributed by atoms with van der Waals surface area (Å²) in [6, 6.07) is 6.36. The minimum absolute atomic E-state index is 0.198. The van der Waals surface area contributed by atoms with Crippen molar-refractivity contribution in [1.82, 2.24) is 0 Å². The lowest BCUT2D eigenvalue weighted by Crippen LogP contribution is -2.31. The van der Waals surface area contributed by atoms with Gasteiger partial charge in [0, 0.05) is 4.90 Å².